The summed E-state index contributed by atoms with van der Waals surface area (Å²) >= 11 is 0. The third kappa shape index (κ3) is 1.42. The number of hydrogen-bond donors (Lipinski definition) is 0. The minimum absolute atomic E-state index is 0.172. The van der Waals surface area contributed by atoms with Gasteiger partial charge in [-0.25, -0.2) is 0 Å². The van der Waals surface area contributed by atoms with E-state index in [1.165, 1.54) is 22.3 Å². The van der Waals surface area contributed by atoms with E-state index in [2.05, 4.69) is 24.3 Å². The van der Waals surface area contributed by atoms with Crippen molar-refractivity contribution >= 4 is 5.78 Å². The van der Waals surface area contributed by atoms with Gasteiger partial charge >= 0.3 is 0 Å². The summed E-state index contributed by atoms with van der Waals surface area (Å²) in [5.41, 5.74) is 4.27. The van der Waals surface area contributed by atoms with Crippen LogP contribution in [-0.4, -0.2) is 24.5 Å². The zero-order chi connectivity index (χ0) is 14.6. The lowest BCUT2D eigenvalue weighted by Crippen LogP contribution is -2.44. The first-order chi connectivity index (χ1) is 10.2. The van der Waals surface area contributed by atoms with Crippen molar-refractivity contribution in [3.05, 3.63) is 59.7 Å². The van der Waals surface area contributed by atoms with Crippen molar-refractivity contribution in [2.45, 2.75) is 12.5 Å². The highest BCUT2D eigenvalue weighted by Gasteiger charge is 2.57. The van der Waals surface area contributed by atoms with Crippen LogP contribution in [-0.2, 0) is 15.2 Å². The predicted octanol–water partition coefficient (Wildman–Crippen LogP) is 2.99. The Labute approximate surface area is 124 Å². The number of rotatable bonds is 1. The third-order valence-corrected chi connectivity index (χ3v) is 4.89. The number of carbonyl (C=O) groups excluding carboxylic acids is 1. The average Bonchev–Trinajstić information content (AvgIpc) is 2.99. The smallest absolute Gasteiger partial charge is 0.137 e. The second-order valence-electron chi connectivity index (χ2n) is 5.81. The first-order valence-corrected chi connectivity index (χ1v) is 7.24. The van der Waals surface area contributed by atoms with Crippen molar-refractivity contribution in [2.24, 2.45) is 5.92 Å². The molecule has 21 heavy (non-hydrogen) atoms. The Hall–Kier alpha value is -1.97. The topological polar surface area (TPSA) is 29.5 Å². The molecule has 1 atom stereocenters. The molecular weight excluding hydrogens is 262 g/mol. The monoisotopic (exact) mass is 279 g/mol. The van der Waals surface area contributed by atoms with Gasteiger partial charge < -0.3 is 0 Å². The van der Waals surface area contributed by atoms with Crippen LogP contribution in [0.5, 0.6) is 0 Å². The van der Waals surface area contributed by atoms with Gasteiger partial charge in [0.05, 0.1) is 12.5 Å². The number of hydrogen-bond acceptors (Lipinski definition) is 3. The lowest BCUT2D eigenvalue weighted by molar-refractivity contribution is -0.135. The number of carbonyl (C=O) groups is 1. The summed E-state index contributed by atoms with van der Waals surface area (Å²) < 4.78 is 0. The Balaban J connectivity index is 2.10. The van der Waals surface area contributed by atoms with Crippen LogP contribution >= 0.6 is 0 Å². The molecule has 2 aromatic rings. The fraction of sp³-hybridized carbons (Fsp3) is 0.278. The van der Waals surface area contributed by atoms with Crippen molar-refractivity contribution in [2.75, 3.05) is 13.7 Å². The molecule has 1 heterocycles. The Bertz CT molecular complexity index is 692. The Morgan fingerprint density at radius 1 is 1.10 bits per heavy atom. The van der Waals surface area contributed by atoms with E-state index in [1.807, 2.05) is 36.4 Å². The summed E-state index contributed by atoms with van der Waals surface area (Å²) in [5, 5.41) is 1.88. The van der Waals surface area contributed by atoms with Crippen molar-refractivity contribution in [3.63, 3.8) is 0 Å². The molecular formula is C18H17NO2. The normalized spacial score (nSPS) is 22.3. The molecule has 1 aliphatic carbocycles. The average molecular weight is 279 g/mol. The van der Waals surface area contributed by atoms with E-state index in [4.69, 9.17) is 4.84 Å². The highest BCUT2D eigenvalue weighted by Crippen LogP contribution is 2.56. The van der Waals surface area contributed by atoms with Gasteiger partial charge in [0.2, 0.25) is 0 Å². The lowest BCUT2D eigenvalue weighted by Gasteiger charge is -2.36. The summed E-state index contributed by atoms with van der Waals surface area (Å²) in [6, 6.07) is 16.7. The van der Waals surface area contributed by atoms with Gasteiger partial charge in [0.15, 0.2) is 0 Å². The largest absolute Gasteiger partial charge is 0.300 e. The van der Waals surface area contributed by atoms with Gasteiger partial charge in [-0.3, -0.25) is 9.63 Å². The Morgan fingerprint density at radius 2 is 1.62 bits per heavy atom. The molecule has 106 valence electrons. The molecule has 0 aromatic heterocycles. The first kappa shape index (κ1) is 12.7. The zero-order valence-corrected chi connectivity index (χ0v) is 12.2. The molecule has 0 bridgehead atoms. The summed E-state index contributed by atoms with van der Waals surface area (Å²) in [4.78, 5) is 18.1. The fourth-order valence-corrected chi connectivity index (χ4v) is 4.00. The van der Waals surface area contributed by atoms with Gasteiger partial charge in [0, 0.05) is 7.05 Å². The standard InChI is InChI=1S/C18H17NO2/c1-12(20)17-11-21-19(2)18(17)15-9-5-3-7-13(15)14-8-4-6-10-16(14)18/h3-10,17H,11H2,1-2H3. The molecule has 1 unspecified atom stereocenters. The molecule has 3 heteroatoms. The molecule has 1 fully saturated rings. The molecule has 0 amide bonds. The molecule has 0 N–H and O–H groups in total. The van der Waals surface area contributed by atoms with Crippen molar-refractivity contribution in [1.29, 1.82) is 0 Å². The Morgan fingerprint density at radius 3 is 2.14 bits per heavy atom. The van der Waals surface area contributed by atoms with E-state index in [0.717, 1.165) is 0 Å². The summed E-state index contributed by atoms with van der Waals surface area (Å²) in [6.07, 6.45) is 0. The summed E-state index contributed by atoms with van der Waals surface area (Å²) in [7, 11) is 1.93. The maximum Gasteiger partial charge on any atom is 0.137 e. The first-order valence-electron chi connectivity index (χ1n) is 7.24. The second kappa shape index (κ2) is 4.26. The van der Waals surface area contributed by atoms with Crippen LogP contribution in [0.1, 0.15) is 18.1 Å². The van der Waals surface area contributed by atoms with Crippen LogP contribution in [0.15, 0.2) is 48.5 Å². The van der Waals surface area contributed by atoms with Crippen molar-refractivity contribution in [1.82, 2.24) is 5.06 Å². The Kier molecular flexibility index (Phi) is 2.59. The maximum absolute atomic E-state index is 12.3. The molecule has 2 aliphatic rings. The van der Waals surface area contributed by atoms with E-state index in [1.54, 1.807) is 6.92 Å². The van der Waals surface area contributed by atoms with Crippen molar-refractivity contribution < 1.29 is 9.63 Å². The number of Topliss-reactive ketones (excluding diaryl/α,β-unsaturated/α-hetero) is 1. The minimum Gasteiger partial charge on any atom is -0.300 e. The molecule has 2 aromatic carbocycles. The second-order valence-corrected chi connectivity index (χ2v) is 5.81. The number of nitrogens with zero attached hydrogens (tertiary/aromatic N) is 1. The molecule has 0 radical (unpaired) electrons. The van der Waals surface area contributed by atoms with E-state index < -0.39 is 5.54 Å². The SMILES string of the molecule is CC(=O)C1CON(C)C12c1ccccc1-c1ccccc12. The van der Waals surface area contributed by atoms with Gasteiger partial charge in [-0.2, -0.15) is 5.06 Å². The van der Waals surface area contributed by atoms with Crippen LogP contribution in [0, 0.1) is 5.92 Å². The number of fused-ring (bicyclic) bond motifs is 5. The highest BCUT2D eigenvalue weighted by molar-refractivity contribution is 5.88. The van der Waals surface area contributed by atoms with Crippen LogP contribution in [0.25, 0.3) is 11.1 Å². The predicted molar refractivity (Wildman–Crippen MR) is 80.5 cm³/mol. The quantitative estimate of drug-likeness (QED) is 0.803. The number of hydroxylamine groups is 2. The van der Waals surface area contributed by atoms with Crippen LogP contribution in [0.4, 0.5) is 0 Å². The van der Waals surface area contributed by atoms with Crippen molar-refractivity contribution in [3.8, 4) is 11.1 Å². The number of benzene rings is 2. The highest BCUT2D eigenvalue weighted by atomic mass is 16.7. The van der Waals surface area contributed by atoms with E-state index in [0.29, 0.717) is 6.61 Å². The van der Waals surface area contributed by atoms with Gasteiger partial charge in [-0.05, 0) is 29.2 Å². The van der Waals surface area contributed by atoms with Gasteiger partial charge in [-0.15, -0.1) is 0 Å². The van der Waals surface area contributed by atoms with Crippen LogP contribution < -0.4 is 0 Å². The molecule has 3 nitrogen and oxygen atoms in total. The van der Waals surface area contributed by atoms with Gasteiger partial charge in [0.1, 0.15) is 11.3 Å². The van der Waals surface area contributed by atoms with Crippen LogP contribution in [0.2, 0.25) is 0 Å². The van der Waals surface area contributed by atoms with Gasteiger partial charge in [-0.1, -0.05) is 48.5 Å². The molecule has 0 saturated carbocycles. The molecule has 1 saturated heterocycles. The molecule has 1 aliphatic heterocycles. The third-order valence-electron chi connectivity index (χ3n) is 4.89. The lowest BCUT2D eigenvalue weighted by atomic mass is 9.75. The fourth-order valence-electron chi connectivity index (χ4n) is 4.00. The minimum atomic E-state index is -0.487. The molecule has 4 rings (SSSR count). The maximum atomic E-state index is 12.3. The summed E-state index contributed by atoms with van der Waals surface area (Å²) in [5.74, 6) is -0.00171. The van der Waals surface area contributed by atoms with E-state index in [9.17, 15) is 4.79 Å². The van der Waals surface area contributed by atoms with E-state index in [-0.39, 0.29) is 11.7 Å². The molecule has 1 spiro atoms. The summed E-state index contributed by atoms with van der Waals surface area (Å²) in [6.45, 7) is 2.10. The number of ketones is 1. The van der Waals surface area contributed by atoms with E-state index >= 15 is 0 Å². The van der Waals surface area contributed by atoms with Gasteiger partial charge in [0.25, 0.3) is 0 Å². The zero-order valence-electron chi connectivity index (χ0n) is 12.2. The van der Waals surface area contributed by atoms with Crippen LogP contribution in [0.3, 0.4) is 0 Å².